The van der Waals surface area contributed by atoms with Gasteiger partial charge in [0, 0.05) is 4.83 Å². The SMILES string of the molecule is BrC1CCCCC(c2ccccc2)C1. The first-order valence-electron chi connectivity index (χ1n) is 5.55. The summed E-state index contributed by atoms with van der Waals surface area (Å²) in [5.74, 6) is 0.781. The maximum Gasteiger partial charge on any atom is 0.0151 e. The topological polar surface area (TPSA) is 0 Å². The molecule has 0 spiro atoms. The van der Waals surface area contributed by atoms with E-state index in [-0.39, 0.29) is 0 Å². The lowest BCUT2D eigenvalue weighted by Crippen LogP contribution is -2.03. The van der Waals surface area contributed by atoms with Gasteiger partial charge in [-0.25, -0.2) is 0 Å². The van der Waals surface area contributed by atoms with Crippen LogP contribution in [0.25, 0.3) is 0 Å². The third kappa shape index (κ3) is 2.60. The zero-order valence-electron chi connectivity index (χ0n) is 8.45. The van der Waals surface area contributed by atoms with Crippen molar-refractivity contribution in [1.29, 1.82) is 0 Å². The summed E-state index contributed by atoms with van der Waals surface area (Å²) in [4.78, 5) is 0.732. The first-order chi connectivity index (χ1) is 6.86. The maximum absolute atomic E-state index is 3.78. The molecule has 1 fully saturated rings. The van der Waals surface area contributed by atoms with Crippen LogP contribution >= 0.6 is 15.9 Å². The van der Waals surface area contributed by atoms with E-state index < -0.39 is 0 Å². The molecule has 0 nitrogen and oxygen atoms in total. The smallest absolute Gasteiger partial charge is 0.0151 e. The molecule has 1 aliphatic rings. The van der Waals surface area contributed by atoms with Gasteiger partial charge in [-0.3, -0.25) is 0 Å². The Labute approximate surface area is 94.8 Å². The van der Waals surface area contributed by atoms with Gasteiger partial charge in [-0.05, 0) is 30.7 Å². The average Bonchev–Trinajstić information content (AvgIpc) is 2.44. The van der Waals surface area contributed by atoms with E-state index in [9.17, 15) is 0 Å². The summed E-state index contributed by atoms with van der Waals surface area (Å²) >= 11 is 3.78. The van der Waals surface area contributed by atoms with Crippen LogP contribution in [0, 0.1) is 0 Å². The molecular weight excluding hydrogens is 236 g/mol. The van der Waals surface area contributed by atoms with Crippen molar-refractivity contribution in [2.45, 2.75) is 42.8 Å². The van der Waals surface area contributed by atoms with E-state index in [1.165, 1.54) is 37.7 Å². The Bertz CT molecular complexity index is 268. The van der Waals surface area contributed by atoms with E-state index in [2.05, 4.69) is 46.3 Å². The predicted molar refractivity (Wildman–Crippen MR) is 65.0 cm³/mol. The van der Waals surface area contributed by atoms with Gasteiger partial charge < -0.3 is 0 Å². The minimum absolute atomic E-state index is 0.732. The summed E-state index contributed by atoms with van der Waals surface area (Å²) < 4.78 is 0. The van der Waals surface area contributed by atoms with Gasteiger partial charge in [-0.1, -0.05) is 59.1 Å². The zero-order chi connectivity index (χ0) is 9.80. The van der Waals surface area contributed by atoms with Crippen LogP contribution in [0.4, 0.5) is 0 Å². The van der Waals surface area contributed by atoms with E-state index in [0.29, 0.717) is 0 Å². The third-order valence-electron chi connectivity index (χ3n) is 3.13. The van der Waals surface area contributed by atoms with Crippen molar-refractivity contribution < 1.29 is 0 Å². The molecule has 1 saturated carbocycles. The molecule has 0 heterocycles. The van der Waals surface area contributed by atoms with E-state index >= 15 is 0 Å². The van der Waals surface area contributed by atoms with Gasteiger partial charge in [0.1, 0.15) is 0 Å². The third-order valence-corrected chi connectivity index (χ3v) is 3.96. The number of rotatable bonds is 1. The van der Waals surface area contributed by atoms with Gasteiger partial charge in [0.05, 0.1) is 0 Å². The van der Waals surface area contributed by atoms with Crippen LogP contribution in [-0.2, 0) is 0 Å². The van der Waals surface area contributed by atoms with Crippen molar-refractivity contribution in [1.82, 2.24) is 0 Å². The van der Waals surface area contributed by atoms with Gasteiger partial charge in [0.2, 0.25) is 0 Å². The standard InChI is InChI=1S/C13H17Br/c14-13-9-5-4-8-12(10-13)11-6-2-1-3-7-11/h1-3,6-7,12-13H,4-5,8-10H2. The monoisotopic (exact) mass is 252 g/mol. The molecule has 1 heteroatoms. The van der Waals surface area contributed by atoms with Crippen molar-refractivity contribution in [3.05, 3.63) is 35.9 Å². The predicted octanol–water partition coefficient (Wildman–Crippen LogP) is 4.50. The lowest BCUT2D eigenvalue weighted by molar-refractivity contribution is 0.600. The second-order valence-corrected chi connectivity index (χ2v) is 5.52. The molecule has 2 unspecified atom stereocenters. The molecule has 0 aliphatic heterocycles. The van der Waals surface area contributed by atoms with E-state index in [4.69, 9.17) is 0 Å². The lowest BCUT2D eigenvalue weighted by Gasteiger charge is -2.16. The van der Waals surface area contributed by atoms with Crippen molar-refractivity contribution in [2.24, 2.45) is 0 Å². The van der Waals surface area contributed by atoms with Gasteiger partial charge >= 0.3 is 0 Å². The minimum atomic E-state index is 0.732. The molecule has 2 atom stereocenters. The second-order valence-electron chi connectivity index (χ2n) is 4.23. The Morgan fingerprint density at radius 2 is 1.71 bits per heavy atom. The largest absolute Gasteiger partial charge is 0.0890 e. The zero-order valence-corrected chi connectivity index (χ0v) is 10.0. The van der Waals surface area contributed by atoms with Gasteiger partial charge in [0.15, 0.2) is 0 Å². The molecule has 0 saturated heterocycles. The quantitative estimate of drug-likeness (QED) is 0.510. The Morgan fingerprint density at radius 1 is 1.00 bits per heavy atom. The molecule has 1 aliphatic carbocycles. The number of benzene rings is 1. The summed E-state index contributed by atoms with van der Waals surface area (Å²) in [7, 11) is 0. The molecule has 1 aromatic rings. The minimum Gasteiger partial charge on any atom is -0.0890 e. The summed E-state index contributed by atoms with van der Waals surface area (Å²) in [5.41, 5.74) is 1.53. The highest BCUT2D eigenvalue weighted by molar-refractivity contribution is 9.09. The Balaban J connectivity index is 2.09. The van der Waals surface area contributed by atoms with E-state index in [1.54, 1.807) is 0 Å². The molecule has 14 heavy (non-hydrogen) atoms. The molecule has 0 amide bonds. The fraction of sp³-hybridized carbons (Fsp3) is 0.538. The molecule has 0 aromatic heterocycles. The van der Waals surface area contributed by atoms with Crippen LogP contribution in [0.15, 0.2) is 30.3 Å². The Morgan fingerprint density at radius 3 is 2.50 bits per heavy atom. The number of hydrogen-bond donors (Lipinski definition) is 0. The van der Waals surface area contributed by atoms with Crippen molar-refractivity contribution in [2.75, 3.05) is 0 Å². The fourth-order valence-corrected chi connectivity index (χ4v) is 3.10. The van der Waals surface area contributed by atoms with E-state index in [0.717, 1.165) is 10.7 Å². The molecule has 0 N–H and O–H groups in total. The first-order valence-corrected chi connectivity index (χ1v) is 6.47. The summed E-state index contributed by atoms with van der Waals surface area (Å²) in [5, 5.41) is 0. The lowest BCUT2D eigenvalue weighted by atomic mass is 9.92. The second kappa shape index (κ2) is 4.97. The Hall–Kier alpha value is -0.300. The van der Waals surface area contributed by atoms with Crippen LogP contribution in [0.3, 0.4) is 0 Å². The maximum atomic E-state index is 3.78. The highest BCUT2D eigenvalue weighted by Crippen LogP contribution is 2.34. The molecule has 0 radical (unpaired) electrons. The van der Waals surface area contributed by atoms with Crippen LogP contribution in [-0.4, -0.2) is 4.83 Å². The van der Waals surface area contributed by atoms with Crippen LogP contribution in [0.1, 0.15) is 43.6 Å². The molecule has 76 valence electrons. The van der Waals surface area contributed by atoms with Crippen molar-refractivity contribution in [3.8, 4) is 0 Å². The molecular formula is C13H17Br. The number of alkyl halides is 1. The van der Waals surface area contributed by atoms with Gasteiger partial charge in [0.25, 0.3) is 0 Å². The number of halogens is 1. The highest BCUT2D eigenvalue weighted by Gasteiger charge is 2.19. The fourth-order valence-electron chi connectivity index (χ4n) is 2.33. The van der Waals surface area contributed by atoms with Crippen LogP contribution < -0.4 is 0 Å². The van der Waals surface area contributed by atoms with Crippen LogP contribution in [0.5, 0.6) is 0 Å². The number of hydrogen-bond acceptors (Lipinski definition) is 0. The summed E-state index contributed by atoms with van der Waals surface area (Å²) in [6, 6.07) is 11.0. The normalized spacial score (nSPS) is 28.4. The van der Waals surface area contributed by atoms with Gasteiger partial charge in [-0.2, -0.15) is 0 Å². The van der Waals surface area contributed by atoms with Crippen LogP contribution in [0.2, 0.25) is 0 Å². The van der Waals surface area contributed by atoms with Gasteiger partial charge in [-0.15, -0.1) is 0 Å². The molecule has 2 rings (SSSR count). The highest BCUT2D eigenvalue weighted by atomic mass is 79.9. The first kappa shape index (κ1) is 10.2. The van der Waals surface area contributed by atoms with E-state index in [1.807, 2.05) is 0 Å². The molecule has 1 aromatic carbocycles. The van der Waals surface area contributed by atoms with Crippen molar-refractivity contribution in [3.63, 3.8) is 0 Å². The summed E-state index contributed by atoms with van der Waals surface area (Å²) in [6.45, 7) is 0. The molecule has 0 bridgehead atoms. The summed E-state index contributed by atoms with van der Waals surface area (Å²) in [6.07, 6.45) is 6.81. The average molecular weight is 253 g/mol. The van der Waals surface area contributed by atoms with Crippen molar-refractivity contribution >= 4 is 15.9 Å². The Kier molecular flexibility index (Phi) is 3.63.